The molecule has 0 fully saturated rings. The number of hydrogen-bond donors (Lipinski definition) is 1. The molecule has 31 heavy (non-hydrogen) atoms. The van der Waals surface area contributed by atoms with Crippen molar-refractivity contribution < 1.29 is 4.79 Å². The lowest BCUT2D eigenvalue weighted by atomic mass is 10.0. The summed E-state index contributed by atoms with van der Waals surface area (Å²) in [5, 5.41) is 3.07. The van der Waals surface area contributed by atoms with Gasteiger partial charge in [-0.25, -0.2) is 0 Å². The van der Waals surface area contributed by atoms with Crippen molar-refractivity contribution in [3.8, 4) is 0 Å². The summed E-state index contributed by atoms with van der Waals surface area (Å²) in [6.45, 7) is 8.33. The first-order valence-corrected chi connectivity index (χ1v) is 11.7. The van der Waals surface area contributed by atoms with Crippen LogP contribution in [0.15, 0.2) is 72.9 Å². The van der Waals surface area contributed by atoms with Gasteiger partial charge in [-0.1, -0.05) is 85.4 Å². The number of amides is 1. The lowest BCUT2D eigenvalue weighted by Crippen LogP contribution is -2.13. The third-order valence-electron chi connectivity index (χ3n) is 4.87. The maximum atomic E-state index is 12.2. The minimum Gasteiger partial charge on any atom is -0.326 e. The maximum Gasteiger partial charge on any atom is 0.224 e. The average molecular weight is 420 g/mol. The molecule has 0 bridgehead atoms. The third-order valence-corrected chi connectivity index (χ3v) is 4.87. The number of aryl methyl sites for hydroxylation is 3. The van der Waals surface area contributed by atoms with Crippen molar-refractivity contribution in [2.75, 3.05) is 5.32 Å². The van der Waals surface area contributed by atoms with Crippen molar-refractivity contribution >= 4 is 11.6 Å². The van der Waals surface area contributed by atoms with E-state index in [1.807, 2.05) is 13.8 Å². The van der Waals surface area contributed by atoms with Gasteiger partial charge >= 0.3 is 0 Å². The summed E-state index contributed by atoms with van der Waals surface area (Å²) in [4.78, 5) is 12.2. The summed E-state index contributed by atoms with van der Waals surface area (Å²) >= 11 is 0. The van der Waals surface area contributed by atoms with Crippen LogP contribution in [0.2, 0.25) is 0 Å². The van der Waals surface area contributed by atoms with Gasteiger partial charge in [0.2, 0.25) is 5.91 Å². The first-order valence-electron chi connectivity index (χ1n) is 11.7. The van der Waals surface area contributed by atoms with Crippen molar-refractivity contribution in [1.82, 2.24) is 0 Å². The van der Waals surface area contributed by atoms with E-state index in [-0.39, 0.29) is 5.91 Å². The quantitative estimate of drug-likeness (QED) is 0.238. The molecular weight excluding hydrogens is 378 g/mol. The van der Waals surface area contributed by atoms with Crippen LogP contribution in [0, 0.1) is 20.8 Å². The highest BCUT2D eigenvalue weighted by atomic mass is 16.1. The van der Waals surface area contributed by atoms with Gasteiger partial charge in [-0.05, 0) is 76.8 Å². The molecular formula is C29H41NO. The highest BCUT2D eigenvalue weighted by molar-refractivity contribution is 5.92. The summed E-state index contributed by atoms with van der Waals surface area (Å²) in [5.74, 6) is 0.0994. The van der Waals surface area contributed by atoms with Crippen LogP contribution in [0.1, 0.15) is 75.0 Å². The average Bonchev–Trinajstić information content (AvgIpc) is 2.73. The molecule has 0 saturated heterocycles. The second kappa shape index (κ2) is 17.1. The molecule has 0 unspecified atom stereocenters. The molecule has 1 rings (SSSR count). The molecule has 1 aromatic carbocycles. The van der Waals surface area contributed by atoms with E-state index in [9.17, 15) is 4.79 Å². The fourth-order valence-corrected chi connectivity index (χ4v) is 3.33. The molecule has 0 atom stereocenters. The van der Waals surface area contributed by atoms with Gasteiger partial charge in [0, 0.05) is 12.1 Å². The molecule has 0 spiro atoms. The van der Waals surface area contributed by atoms with Crippen molar-refractivity contribution in [3.05, 3.63) is 89.6 Å². The molecule has 2 nitrogen and oxygen atoms in total. The number of nitrogens with one attached hydrogen (secondary N) is 1. The number of unbranched alkanes of at least 4 members (excludes halogenated alkanes) is 1. The lowest BCUT2D eigenvalue weighted by molar-refractivity contribution is -0.116. The second-order valence-electron chi connectivity index (χ2n) is 7.92. The highest BCUT2D eigenvalue weighted by Gasteiger charge is 2.07. The lowest BCUT2D eigenvalue weighted by Gasteiger charge is -2.12. The van der Waals surface area contributed by atoms with Crippen molar-refractivity contribution in [2.24, 2.45) is 0 Å². The van der Waals surface area contributed by atoms with Crippen LogP contribution in [0.3, 0.4) is 0 Å². The number of allylic oxidation sites excluding steroid dienone is 10. The largest absolute Gasteiger partial charge is 0.326 e. The molecule has 0 heterocycles. The van der Waals surface area contributed by atoms with Crippen LogP contribution in [0.4, 0.5) is 5.69 Å². The van der Waals surface area contributed by atoms with E-state index in [1.54, 1.807) is 0 Å². The van der Waals surface area contributed by atoms with Crippen LogP contribution in [0.25, 0.3) is 0 Å². The molecule has 1 aromatic rings. The van der Waals surface area contributed by atoms with Crippen LogP contribution in [-0.2, 0) is 4.79 Å². The Balaban J connectivity index is 2.10. The Hall–Kier alpha value is -2.61. The standard InChI is InChI=1S/C29H41NO/c1-5-6-7-8-9-10-11-12-13-14-15-16-17-18-19-20-21-22-28(31)30-29-26(3)23-25(2)24-27(29)4/h6-7,9-10,12-13,15-16,18-19,23-24H,5,8,11,14,17,20-22H2,1-4H3,(H,30,31)/b7-6-,10-9-,13-12-,16-15-,19-18-. The predicted octanol–water partition coefficient (Wildman–Crippen LogP) is 8.47. The molecule has 0 aliphatic carbocycles. The molecule has 0 radical (unpaired) electrons. The number of carbonyl (C=O) groups excluding carboxylic acids is 1. The summed E-state index contributed by atoms with van der Waals surface area (Å²) in [6.07, 6.45) is 29.5. The normalized spacial score (nSPS) is 12.4. The zero-order valence-electron chi connectivity index (χ0n) is 20.0. The Morgan fingerprint density at radius 3 is 1.68 bits per heavy atom. The Kier molecular flexibility index (Phi) is 14.6. The smallest absolute Gasteiger partial charge is 0.224 e. The zero-order valence-corrected chi connectivity index (χ0v) is 20.0. The maximum absolute atomic E-state index is 12.2. The van der Waals surface area contributed by atoms with Crippen LogP contribution in [0.5, 0.6) is 0 Å². The fraction of sp³-hybridized carbons (Fsp3) is 0.414. The highest BCUT2D eigenvalue weighted by Crippen LogP contribution is 2.22. The summed E-state index contributed by atoms with van der Waals surface area (Å²) in [7, 11) is 0. The fourth-order valence-electron chi connectivity index (χ4n) is 3.33. The van der Waals surface area contributed by atoms with Gasteiger partial charge in [0.25, 0.3) is 0 Å². The molecule has 1 N–H and O–H groups in total. The third kappa shape index (κ3) is 13.3. The second-order valence-corrected chi connectivity index (χ2v) is 7.92. The monoisotopic (exact) mass is 419 g/mol. The molecule has 0 aromatic heterocycles. The van der Waals surface area contributed by atoms with Crippen molar-refractivity contribution in [2.45, 2.75) is 79.1 Å². The van der Waals surface area contributed by atoms with Gasteiger partial charge in [-0.3, -0.25) is 4.79 Å². The van der Waals surface area contributed by atoms with Gasteiger partial charge < -0.3 is 5.32 Å². The Bertz CT molecular complexity index is 770. The van der Waals surface area contributed by atoms with E-state index < -0.39 is 0 Å². The Morgan fingerprint density at radius 1 is 0.742 bits per heavy atom. The van der Waals surface area contributed by atoms with Crippen LogP contribution >= 0.6 is 0 Å². The van der Waals surface area contributed by atoms with E-state index in [0.717, 1.165) is 61.8 Å². The SMILES string of the molecule is CC/C=C\C/C=C\C/C=C\C/C=C\C/C=C\CCCC(=O)Nc1c(C)cc(C)cc1C. The molecule has 0 aliphatic heterocycles. The molecule has 2 heteroatoms. The predicted molar refractivity (Wildman–Crippen MR) is 138 cm³/mol. The van der Waals surface area contributed by atoms with Crippen LogP contribution < -0.4 is 5.32 Å². The minimum absolute atomic E-state index is 0.0994. The van der Waals surface area contributed by atoms with Gasteiger partial charge in [-0.15, -0.1) is 0 Å². The van der Waals surface area contributed by atoms with E-state index in [1.165, 1.54) is 5.56 Å². The summed E-state index contributed by atoms with van der Waals surface area (Å²) < 4.78 is 0. The Morgan fingerprint density at radius 2 is 1.19 bits per heavy atom. The van der Waals surface area contributed by atoms with E-state index in [2.05, 4.69) is 92.1 Å². The molecule has 0 aliphatic rings. The number of anilines is 1. The van der Waals surface area contributed by atoms with Gasteiger partial charge in [0.15, 0.2) is 0 Å². The summed E-state index contributed by atoms with van der Waals surface area (Å²) in [6, 6.07) is 4.22. The minimum atomic E-state index is 0.0994. The van der Waals surface area contributed by atoms with Gasteiger partial charge in [-0.2, -0.15) is 0 Å². The van der Waals surface area contributed by atoms with E-state index in [4.69, 9.17) is 0 Å². The first kappa shape index (κ1) is 26.4. The summed E-state index contributed by atoms with van der Waals surface area (Å²) in [5.41, 5.74) is 4.45. The molecule has 0 saturated carbocycles. The molecule has 168 valence electrons. The number of carbonyl (C=O) groups is 1. The van der Waals surface area contributed by atoms with Gasteiger partial charge in [0.05, 0.1) is 0 Å². The number of benzene rings is 1. The number of hydrogen-bond acceptors (Lipinski definition) is 1. The topological polar surface area (TPSA) is 29.1 Å². The Labute approximate surface area is 190 Å². The van der Waals surface area contributed by atoms with Gasteiger partial charge in [0.1, 0.15) is 0 Å². The van der Waals surface area contributed by atoms with Crippen LogP contribution in [-0.4, -0.2) is 5.91 Å². The number of rotatable bonds is 14. The van der Waals surface area contributed by atoms with Crippen molar-refractivity contribution in [3.63, 3.8) is 0 Å². The van der Waals surface area contributed by atoms with E-state index in [0.29, 0.717) is 6.42 Å². The van der Waals surface area contributed by atoms with Crippen molar-refractivity contribution in [1.29, 1.82) is 0 Å². The first-order chi connectivity index (χ1) is 15.0. The zero-order chi connectivity index (χ0) is 22.7. The van der Waals surface area contributed by atoms with E-state index >= 15 is 0 Å². The molecule has 1 amide bonds.